The Morgan fingerprint density at radius 2 is 2.05 bits per heavy atom. The molecule has 2 amide bonds. The molecule has 8 heteroatoms. The molecule has 0 aromatic heterocycles. The molecule has 0 aromatic rings. The molecule has 0 aliphatic carbocycles. The molecule has 1 atom stereocenters. The Kier molecular flexibility index (Phi) is 7.60. The molecule has 2 N–H and O–H groups in total. The lowest BCUT2D eigenvalue weighted by atomic mass is 10.2. The van der Waals surface area contributed by atoms with Gasteiger partial charge in [0, 0.05) is 24.7 Å². The molecule has 0 bridgehead atoms. The number of carbonyl (C=O) groups is 1. The minimum Gasteiger partial charge on any atom is -0.338 e. The fourth-order valence-corrected chi connectivity index (χ4v) is 3.11. The van der Waals surface area contributed by atoms with Crippen molar-refractivity contribution in [1.29, 1.82) is 0 Å². The third-order valence-electron chi connectivity index (χ3n) is 2.78. The van der Waals surface area contributed by atoms with Gasteiger partial charge in [-0.2, -0.15) is 0 Å². The van der Waals surface area contributed by atoms with Crippen LogP contribution < -0.4 is 10.6 Å². The molecule has 1 heterocycles. The van der Waals surface area contributed by atoms with Crippen LogP contribution in [0.1, 0.15) is 12.8 Å². The number of nitrogens with one attached hydrogen (secondary N) is 2. The lowest BCUT2D eigenvalue weighted by molar-refractivity contribution is 0.238. The molecule has 0 radical (unpaired) electrons. The van der Waals surface area contributed by atoms with Crippen LogP contribution in [0.15, 0.2) is 17.3 Å². The van der Waals surface area contributed by atoms with E-state index in [0.29, 0.717) is 18.7 Å². The maximum absolute atomic E-state index is 11.6. The van der Waals surface area contributed by atoms with Crippen LogP contribution in [0, 0.1) is 0 Å². The Hall–Kier alpha value is -1.09. The Balaban J connectivity index is 2.18. The summed E-state index contributed by atoms with van der Waals surface area (Å²) >= 11 is 0. The first-order valence-corrected chi connectivity index (χ1v) is 7.94. The Morgan fingerprint density at radius 1 is 1.35 bits per heavy atom. The van der Waals surface area contributed by atoms with Crippen molar-refractivity contribution in [2.24, 2.45) is 4.99 Å². The van der Waals surface area contributed by atoms with E-state index in [0.717, 1.165) is 6.42 Å². The minimum atomic E-state index is -1.94. The summed E-state index contributed by atoms with van der Waals surface area (Å²) in [6.45, 7) is 0.524. The first kappa shape index (κ1) is 17.0. The van der Waals surface area contributed by atoms with Crippen molar-refractivity contribution in [3.05, 3.63) is 12.3 Å². The summed E-state index contributed by atoms with van der Waals surface area (Å²) < 4.78 is 15.8. The molecule has 0 spiro atoms. The van der Waals surface area contributed by atoms with Crippen LogP contribution >= 0.6 is 10.9 Å². The van der Waals surface area contributed by atoms with E-state index in [4.69, 9.17) is 12.5 Å². The van der Waals surface area contributed by atoms with Crippen molar-refractivity contribution in [3.63, 3.8) is 0 Å². The van der Waals surface area contributed by atoms with Gasteiger partial charge in [0.05, 0.1) is 38.2 Å². The van der Waals surface area contributed by atoms with Crippen LogP contribution in [0.4, 0.5) is 4.79 Å². The van der Waals surface area contributed by atoms with Crippen LogP contribution in [-0.2, 0) is 12.5 Å². The largest absolute Gasteiger partial charge is 0.338 e. The lowest BCUT2D eigenvalue weighted by Crippen LogP contribution is -2.43. The third kappa shape index (κ3) is 5.49. The minimum absolute atomic E-state index is 0.0401. The van der Waals surface area contributed by atoms with Crippen molar-refractivity contribution in [1.82, 2.24) is 10.6 Å². The first-order valence-electron chi connectivity index (χ1n) is 6.36. The van der Waals surface area contributed by atoms with Crippen molar-refractivity contribution < 1.29 is 17.3 Å². The van der Waals surface area contributed by atoms with Gasteiger partial charge < -0.3 is 10.6 Å². The number of rotatable bonds is 8. The molecule has 1 aliphatic heterocycles. The maximum Gasteiger partial charge on any atom is 0.315 e. The zero-order valence-electron chi connectivity index (χ0n) is 12.1. The topological polar surface area (TPSA) is 81.2 Å². The number of nitrogens with zero attached hydrogens (tertiary/aromatic N) is 1. The molecule has 0 saturated carbocycles. The van der Waals surface area contributed by atoms with Gasteiger partial charge in [-0.15, -0.1) is 0 Å². The summed E-state index contributed by atoms with van der Waals surface area (Å²) in [4.78, 5) is 15.6. The molecule has 7 nitrogen and oxygen atoms in total. The van der Waals surface area contributed by atoms with Gasteiger partial charge in [0.15, 0.2) is 0 Å². The van der Waals surface area contributed by atoms with Gasteiger partial charge in [-0.3, -0.25) is 17.5 Å². The van der Waals surface area contributed by atoms with Crippen LogP contribution in [0.25, 0.3) is 0 Å². The number of carbonyl (C=O) groups excluding carboxylic acids is 1. The summed E-state index contributed by atoms with van der Waals surface area (Å²) in [7, 11) is 2.72. The lowest BCUT2D eigenvalue weighted by Gasteiger charge is -2.33. The van der Waals surface area contributed by atoms with E-state index in [1.807, 2.05) is 6.08 Å². The highest BCUT2D eigenvalue weighted by atomic mass is 32.3. The van der Waals surface area contributed by atoms with Crippen LogP contribution in [0.3, 0.4) is 0 Å². The van der Waals surface area contributed by atoms with Crippen LogP contribution in [-0.4, -0.2) is 51.9 Å². The molecule has 0 aromatic carbocycles. The summed E-state index contributed by atoms with van der Waals surface area (Å²) in [5.41, 5.74) is 0. The Labute approximate surface area is 121 Å². The fourth-order valence-electron chi connectivity index (χ4n) is 1.70. The highest BCUT2D eigenvalue weighted by Gasteiger charge is 2.22. The van der Waals surface area contributed by atoms with E-state index in [9.17, 15) is 4.79 Å². The number of hydrogen-bond donors (Lipinski definition) is 2. The highest BCUT2D eigenvalue weighted by molar-refractivity contribution is 8.21. The number of urea groups is 1. The predicted molar refractivity (Wildman–Crippen MR) is 80.7 cm³/mol. The zero-order valence-corrected chi connectivity index (χ0v) is 12.9. The summed E-state index contributed by atoms with van der Waals surface area (Å²) in [6, 6.07) is -0.244. The normalized spacial score (nSPS) is 18.9. The summed E-state index contributed by atoms with van der Waals surface area (Å²) in [5, 5.41) is 5.61. The van der Waals surface area contributed by atoms with E-state index >= 15 is 0 Å². The number of amides is 2. The van der Waals surface area contributed by atoms with Gasteiger partial charge in [0.2, 0.25) is 0 Å². The van der Waals surface area contributed by atoms with E-state index in [2.05, 4.69) is 15.6 Å². The van der Waals surface area contributed by atoms with Gasteiger partial charge in [-0.25, -0.2) is 4.79 Å². The molecule has 116 valence electrons. The summed E-state index contributed by atoms with van der Waals surface area (Å²) in [6.07, 6.45) is 6.82. The quantitative estimate of drug-likeness (QED) is 0.666. The van der Waals surface area contributed by atoms with Crippen molar-refractivity contribution >= 4 is 23.1 Å². The molecule has 0 fully saturated rings. The molecule has 20 heavy (non-hydrogen) atoms. The second-order valence-electron chi connectivity index (χ2n) is 4.04. The maximum atomic E-state index is 11.6. The van der Waals surface area contributed by atoms with E-state index < -0.39 is 10.9 Å². The van der Waals surface area contributed by atoms with Crippen molar-refractivity contribution in [2.75, 3.05) is 33.6 Å². The van der Waals surface area contributed by atoms with Gasteiger partial charge in [0.1, 0.15) is 0 Å². The Morgan fingerprint density at radius 3 is 2.60 bits per heavy atom. The van der Waals surface area contributed by atoms with Crippen LogP contribution in [0.5, 0.6) is 0 Å². The molecule has 1 aliphatic rings. The third-order valence-corrected chi connectivity index (χ3v) is 5.09. The second-order valence-corrected chi connectivity index (χ2v) is 6.56. The smallest absolute Gasteiger partial charge is 0.315 e. The van der Waals surface area contributed by atoms with Gasteiger partial charge >= 0.3 is 6.03 Å². The van der Waals surface area contributed by atoms with Gasteiger partial charge in [-0.05, 0) is 12.8 Å². The second kappa shape index (κ2) is 8.96. The van der Waals surface area contributed by atoms with E-state index in [1.54, 1.807) is 33.7 Å². The molecular weight excluding hydrogens is 282 g/mol. The van der Waals surface area contributed by atoms with E-state index in [-0.39, 0.29) is 12.1 Å². The first-order chi connectivity index (χ1) is 9.65. The van der Waals surface area contributed by atoms with Crippen molar-refractivity contribution in [3.8, 4) is 0 Å². The van der Waals surface area contributed by atoms with Crippen molar-refractivity contribution in [2.45, 2.75) is 18.9 Å². The molecular formula is C12H23N3O4S. The molecule has 1 unspecified atom stereocenters. The molecule has 1 rings (SSSR count). The van der Waals surface area contributed by atoms with Gasteiger partial charge in [-0.1, -0.05) is 6.08 Å². The number of aliphatic imine (C=N–C) groups is 1. The SMILES string of the molecule is COS(CCCNC(=O)NC1C=NC=CC1)(OC)OC. The van der Waals surface area contributed by atoms with Gasteiger partial charge in [0.25, 0.3) is 0 Å². The standard InChI is InChI=1S/C12H23N3O4S/c1-17-20(18-2,19-3)9-5-8-14-12(16)15-11-6-4-7-13-10-11/h4,7,10-11H,5-6,8-9H2,1-3H3,(H2,14,15,16). The summed E-state index contributed by atoms with van der Waals surface area (Å²) in [5.74, 6) is 0.602. The monoisotopic (exact) mass is 305 g/mol. The molecule has 0 saturated heterocycles. The fraction of sp³-hybridized carbons (Fsp3) is 0.667. The average molecular weight is 305 g/mol. The predicted octanol–water partition coefficient (Wildman–Crippen LogP) is 1.52. The Bertz CT molecular complexity index is 350. The zero-order chi connectivity index (χ0) is 14.8. The van der Waals surface area contributed by atoms with E-state index in [1.165, 1.54) is 0 Å². The average Bonchev–Trinajstić information content (AvgIpc) is 2.49. The highest BCUT2D eigenvalue weighted by Crippen LogP contribution is 2.49. The number of hydrogen-bond acceptors (Lipinski definition) is 5. The van der Waals surface area contributed by atoms with Crippen LogP contribution in [0.2, 0.25) is 0 Å².